The first-order chi connectivity index (χ1) is 13.7. The summed E-state index contributed by atoms with van der Waals surface area (Å²) in [6.07, 6.45) is 13.3. The average Bonchev–Trinajstić information content (AvgIpc) is 3.02. The summed E-state index contributed by atoms with van der Waals surface area (Å²) in [6, 6.07) is 0. The van der Waals surface area contributed by atoms with Crippen molar-refractivity contribution in [1.82, 2.24) is 0 Å². The van der Waals surface area contributed by atoms with E-state index in [1.54, 1.807) is 0 Å². The van der Waals surface area contributed by atoms with Crippen molar-refractivity contribution in [1.29, 1.82) is 0 Å². The van der Waals surface area contributed by atoms with E-state index in [1.807, 2.05) is 0 Å². The Hall–Kier alpha value is -0.0800. The van der Waals surface area contributed by atoms with Crippen molar-refractivity contribution >= 4 is 0 Å². The van der Waals surface area contributed by atoms with Gasteiger partial charge in [0.2, 0.25) is 0 Å². The van der Waals surface area contributed by atoms with Crippen LogP contribution in [0.3, 0.4) is 0 Å². The Morgan fingerprint density at radius 3 is 2.14 bits per heavy atom. The summed E-state index contributed by atoms with van der Waals surface area (Å²) in [5.41, 5.74) is 0.804. The molecule has 0 aromatic carbocycles. The number of hydrogen-bond acceptors (Lipinski definition) is 2. The number of rotatable bonds is 5. The second-order valence-electron chi connectivity index (χ2n) is 12.7. The third kappa shape index (κ3) is 3.63. The van der Waals surface area contributed by atoms with Crippen LogP contribution in [0.25, 0.3) is 0 Å². The molecule has 0 aliphatic heterocycles. The van der Waals surface area contributed by atoms with Crippen LogP contribution in [0.5, 0.6) is 0 Å². The highest BCUT2D eigenvalue weighted by Crippen LogP contribution is 2.68. The Balaban J connectivity index is 1.48. The largest absolute Gasteiger partial charge is 0.390 e. The standard InChI is InChI=1S/C27H48O2/c1-17(2)7-6-8-18(3)20-11-12-21-19-9-10-23-25(29)24(28)14-16-27(23,5)22(19)13-15-26(20,21)4/h17-25,28-29H,6-16H2,1-5H3/t18-,19+,20+,21-,22-,23+,24-,25+,26-,27-/m1/s1. The van der Waals surface area contributed by atoms with E-state index < -0.39 is 12.2 Å². The van der Waals surface area contributed by atoms with Crippen molar-refractivity contribution in [2.45, 2.75) is 117 Å². The van der Waals surface area contributed by atoms with Crippen LogP contribution in [-0.4, -0.2) is 22.4 Å². The molecule has 4 rings (SSSR count). The quantitative estimate of drug-likeness (QED) is 0.553. The smallest absolute Gasteiger partial charge is 0.0832 e. The molecule has 4 aliphatic carbocycles. The van der Waals surface area contributed by atoms with Crippen LogP contribution in [0, 0.1) is 52.3 Å². The molecule has 0 heterocycles. The van der Waals surface area contributed by atoms with Crippen molar-refractivity contribution in [2.75, 3.05) is 0 Å². The lowest BCUT2D eigenvalue weighted by Crippen LogP contribution is -2.58. The average molecular weight is 405 g/mol. The Labute approximate surface area is 180 Å². The maximum atomic E-state index is 10.8. The lowest BCUT2D eigenvalue weighted by atomic mass is 9.44. The van der Waals surface area contributed by atoms with E-state index in [0.717, 1.165) is 54.8 Å². The molecule has 2 nitrogen and oxygen atoms in total. The molecule has 10 atom stereocenters. The molecule has 4 saturated carbocycles. The van der Waals surface area contributed by atoms with Gasteiger partial charge in [0, 0.05) is 0 Å². The van der Waals surface area contributed by atoms with E-state index in [9.17, 15) is 10.2 Å². The third-order valence-corrected chi connectivity index (χ3v) is 10.9. The maximum absolute atomic E-state index is 10.8. The van der Waals surface area contributed by atoms with Gasteiger partial charge >= 0.3 is 0 Å². The van der Waals surface area contributed by atoms with Crippen molar-refractivity contribution < 1.29 is 10.2 Å². The zero-order valence-electron chi connectivity index (χ0n) is 19.9. The summed E-state index contributed by atoms with van der Waals surface area (Å²) in [5, 5.41) is 21.0. The van der Waals surface area contributed by atoms with Crippen molar-refractivity contribution in [3.63, 3.8) is 0 Å². The zero-order chi connectivity index (χ0) is 21.0. The molecule has 0 aromatic heterocycles. The summed E-state index contributed by atoms with van der Waals surface area (Å²) in [7, 11) is 0. The molecular weight excluding hydrogens is 356 g/mol. The Kier molecular flexibility index (Phi) is 6.19. The Morgan fingerprint density at radius 1 is 0.759 bits per heavy atom. The first-order valence-electron chi connectivity index (χ1n) is 13.0. The summed E-state index contributed by atoms with van der Waals surface area (Å²) in [4.78, 5) is 0. The molecule has 0 bridgehead atoms. The molecule has 0 spiro atoms. The number of aliphatic hydroxyl groups excluding tert-OH is 2. The van der Waals surface area contributed by atoms with Crippen LogP contribution in [0.1, 0.15) is 105 Å². The Bertz CT molecular complexity index is 573. The van der Waals surface area contributed by atoms with Gasteiger partial charge in [-0.2, -0.15) is 0 Å². The van der Waals surface area contributed by atoms with Crippen LogP contribution < -0.4 is 0 Å². The van der Waals surface area contributed by atoms with Crippen LogP contribution in [0.4, 0.5) is 0 Å². The van der Waals surface area contributed by atoms with Crippen molar-refractivity contribution in [3.8, 4) is 0 Å². The normalized spacial score (nSPS) is 50.7. The molecule has 0 saturated heterocycles. The fourth-order valence-corrected chi connectivity index (χ4v) is 9.34. The number of fused-ring (bicyclic) bond motifs is 5. The van der Waals surface area contributed by atoms with E-state index >= 15 is 0 Å². The molecule has 2 N–H and O–H groups in total. The molecular formula is C27H48O2. The molecule has 168 valence electrons. The molecule has 0 unspecified atom stereocenters. The maximum Gasteiger partial charge on any atom is 0.0832 e. The van der Waals surface area contributed by atoms with Crippen LogP contribution in [0.2, 0.25) is 0 Å². The minimum atomic E-state index is -0.486. The fourth-order valence-electron chi connectivity index (χ4n) is 9.34. The van der Waals surface area contributed by atoms with Gasteiger partial charge in [0.1, 0.15) is 0 Å². The molecule has 0 amide bonds. The van der Waals surface area contributed by atoms with Gasteiger partial charge in [0.15, 0.2) is 0 Å². The highest BCUT2D eigenvalue weighted by Gasteiger charge is 2.61. The van der Waals surface area contributed by atoms with Gasteiger partial charge in [0.25, 0.3) is 0 Å². The Morgan fingerprint density at radius 2 is 1.41 bits per heavy atom. The SMILES string of the molecule is CC(C)CCC[C@@H](C)[C@@H]1CC[C@@H]2[C@@H]3CC[C@H]4[C@H](O)[C@H](O)CC[C@]4(C)[C@@H]3CC[C@@]21C. The minimum Gasteiger partial charge on any atom is -0.390 e. The minimum absolute atomic E-state index is 0.254. The first-order valence-corrected chi connectivity index (χ1v) is 13.0. The zero-order valence-corrected chi connectivity index (χ0v) is 19.9. The van der Waals surface area contributed by atoms with Gasteiger partial charge in [0.05, 0.1) is 12.2 Å². The van der Waals surface area contributed by atoms with Gasteiger partial charge in [-0.25, -0.2) is 0 Å². The highest BCUT2D eigenvalue weighted by molar-refractivity contribution is 5.11. The van der Waals surface area contributed by atoms with Gasteiger partial charge in [-0.1, -0.05) is 53.9 Å². The monoisotopic (exact) mass is 404 g/mol. The van der Waals surface area contributed by atoms with E-state index in [2.05, 4.69) is 34.6 Å². The van der Waals surface area contributed by atoms with E-state index in [1.165, 1.54) is 51.4 Å². The third-order valence-electron chi connectivity index (χ3n) is 10.9. The predicted molar refractivity (Wildman–Crippen MR) is 120 cm³/mol. The first kappa shape index (κ1) is 22.1. The predicted octanol–water partition coefficient (Wildman–Crippen LogP) is 6.44. The lowest BCUT2D eigenvalue weighted by molar-refractivity contribution is -0.174. The molecule has 0 radical (unpaired) electrons. The van der Waals surface area contributed by atoms with Gasteiger partial charge < -0.3 is 10.2 Å². The second-order valence-corrected chi connectivity index (χ2v) is 12.7. The molecule has 2 heteroatoms. The summed E-state index contributed by atoms with van der Waals surface area (Å²) >= 11 is 0. The topological polar surface area (TPSA) is 40.5 Å². The summed E-state index contributed by atoms with van der Waals surface area (Å²) in [5.74, 6) is 5.50. The van der Waals surface area contributed by atoms with Gasteiger partial charge in [-0.05, 0) is 104 Å². The van der Waals surface area contributed by atoms with E-state index in [4.69, 9.17) is 0 Å². The number of hydrogen-bond donors (Lipinski definition) is 2. The van der Waals surface area contributed by atoms with Crippen molar-refractivity contribution in [3.05, 3.63) is 0 Å². The van der Waals surface area contributed by atoms with E-state index in [0.29, 0.717) is 11.3 Å². The van der Waals surface area contributed by atoms with Crippen molar-refractivity contribution in [2.24, 2.45) is 52.3 Å². The van der Waals surface area contributed by atoms with Crippen LogP contribution in [0.15, 0.2) is 0 Å². The van der Waals surface area contributed by atoms with Gasteiger partial charge in [-0.15, -0.1) is 0 Å². The number of aliphatic hydroxyl groups is 2. The molecule has 0 aromatic rings. The van der Waals surface area contributed by atoms with E-state index in [-0.39, 0.29) is 5.41 Å². The second kappa shape index (κ2) is 8.12. The lowest BCUT2D eigenvalue weighted by Gasteiger charge is -2.62. The summed E-state index contributed by atoms with van der Waals surface area (Å²) < 4.78 is 0. The fraction of sp³-hybridized carbons (Fsp3) is 1.00. The van der Waals surface area contributed by atoms with Crippen LogP contribution in [-0.2, 0) is 0 Å². The van der Waals surface area contributed by atoms with Crippen LogP contribution >= 0.6 is 0 Å². The molecule has 29 heavy (non-hydrogen) atoms. The van der Waals surface area contributed by atoms with Gasteiger partial charge in [-0.3, -0.25) is 0 Å². The molecule has 4 aliphatic rings. The molecule has 4 fully saturated rings. The summed E-state index contributed by atoms with van der Waals surface area (Å²) in [6.45, 7) is 12.4. The highest BCUT2D eigenvalue weighted by atomic mass is 16.3.